The topological polar surface area (TPSA) is 159 Å². The van der Waals surface area contributed by atoms with Gasteiger partial charge in [0, 0.05) is 36.8 Å². The second kappa shape index (κ2) is 13.6. The number of piperidine rings is 1. The summed E-state index contributed by atoms with van der Waals surface area (Å²) >= 11 is 5.94. The van der Waals surface area contributed by atoms with Crippen LogP contribution in [0.2, 0.25) is 5.02 Å². The maximum absolute atomic E-state index is 14.9. The number of hydrogen-bond acceptors (Lipinski definition) is 7. The van der Waals surface area contributed by atoms with E-state index in [1.165, 1.54) is 53.5 Å². The summed E-state index contributed by atoms with van der Waals surface area (Å²) in [6.45, 7) is 1.30. The van der Waals surface area contributed by atoms with Gasteiger partial charge in [-0.05, 0) is 78.6 Å². The monoisotopic (exact) mass is 583 g/mol. The lowest BCUT2D eigenvalue weighted by atomic mass is 10.1. The maximum atomic E-state index is 14.9. The molecule has 41 heavy (non-hydrogen) atoms. The Morgan fingerprint density at radius 1 is 1.07 bits per heavy atom. The highest BCUT2D eigenvalue weighted by molar-refractivity contribution is 6.31. The molecule has 1 aliphatic rings. The van der Waals surface area contributed by atoms with Gasteiger partial charge in [-0.2, -0.15) is 4.68 Å². The number of benzene rings is 2. The van der Waals surface area contributed by atoms with Crippen molar-refractivity contribution in [2.75, 3.05) is 18.4 Å². The number of halogens is 2. The zero-order valence-electron chi connectivity index (χ0n) is 21.8. The molecule has 4 rings (SSSR count). The zero-order valence-corrected chi connectivity index (χ0v) is 22.6. The maximum Gasteiger partial charge on any atom is 0.335 e. The number of carboxylic acid groups (broad SMARTS) is 1. The van der Waals surface area contributed by atoms with Gasteiger partial charge in [0.05, 0.1) is 16.3 Å². The minimum absolute atomic E-state index is 0.00928. The second-order valence-electron chi connectivity index (χ2n) is 9.29. The number of carboxylic acids is 1. The van der Waals surface area contributed by atoms with Crippen LogP contribution in [0.15, 0.2) is 48.8 Å². The number of tetrazole rings is 1. The summed E-state index contributed by atoms with van der Waals surface area (Å²) in [6.07, 6.45) is 6.39. The molecule has 1 unspecified atom stereocenters. The van der Waals surface area contributed by atoms with Crippen molar-refractivity contribution < 1.29 is 28.7 Å². The Morgan fingerprint density at radius 2 is 1.80 bits per heavy atom. The highest BCUT2D eigenvalue weighted by atomic mass is 35.5. The summed E-state index contributed by atoms with van der Waals surface area (Å²) < 4.78 is 16.1. The molecular formula is C27H27ClFN7O5. The zero-order chi connectivity index (χ0) is 29.4. The van der Waals surface area contributed by atoms with Crippen LogP contribution < -0.4 is 10.6 Å². The number of carbonyl (C=O) groups is 4. The molecule has 0 aliphatic carbocycles. The number of nitrogens with one attached hydrogen (secondary N) is 2. The van der Waals surface area contributed by atoms with E-state index in [-0.39, 0.29) is 40.6 Å². The summed E-state index contributed by atoms with van der Waals surface area (Å²) in [5, 5.41) is 24.9. The minimum Gasteiger partial charge on any atom is -0.478 e. The van der Waals surface area contributed by atoms with Crippen LogP contribution in [-0.2, 0) is 14.4 Å². The Morgan fingerprint density at radius 3 is 2.46 bits per heavy atom. The molecule has 12 nitrogen and oxygen atoms in total. The first-order valence-electron chi connectivity index (χ1n) is 12.8. The van der Waals surface area contributed by atoms with Gasteiger partial charge < -0.3 is 20.6 Å². The van der Waals surface area contributed by atoms with Gasteiger partial charge in [-0.25, -0.2) is 9.18 Å². The number of carbonyl (C=O) groups excluding carboxylic acids is 3. The van der Waals surface area contributed by atoms with Gasteiger partial charge in [0.1, 0.15) is 12.4 Å². The van der Waals surface area contributed by atoms with Gasteiger partial charge in [0.15, 0.2) is 5.82 Å². The second-order valence-corrected chi connectivity index (χ2v) is 9.70. The van der Waals surface area contributed by atoms with Crippen LogP contribution in [0, 0.1) is 5.82 Å². The van der Waals surface area contributed by atoms with E-state index in [0.717, 1.165) is 25.3 Å². The largest absolute Gasteiger partial charge is 0.478 e. The third-order valence-corrected chi connectivity index (χ3v) is 6.79. The standard InChI is InChI=1S/C27H27ClFN7O5/c28-20-9-11-22(36-16-30-33-34-36)19(25(20)29)8-12-23(37)32-21(10-13-24(38)35-14-2-1-3-15-35)26(39)31-18-6-4-17(5-7-18)27(40)41/h4-9,11-12,16,21H,1-3,10,13-15H2,(H,31,39)(H,32,37)(H,40,41). The number of anilines is 1. The van der Waals surface area contributed by atoms with E-state index >= 15 is 0 Å². The molecule has 1 aromatic heterocycles. The van der Waals surface area contributed by atoms with E-state index in [4.69, 9.17) is 16.7 Å². The Balaban J connectivity index is 1.50. The van der Waals surface area contributed by atoms with E-state index in [1.807, 2.05) is 0 Å². The molecule has 3 amide bonds. The molecule has 0 radical (unpaired) electrons. The molecule has 2 heterocycles. The number of likely N-dealkylation sites (tertiary alicyclic amines) is 1. The van der Waals surface area contributed by atoms with Gasteiger partial charge in [-0.3, -0.25) is 14.4 Å². The first-order valence-corrected chi connectivity index (χ1v) is 13.2. The highest BCUT2D eigenvalue weighted by Crippen LogP contribution is 2.25. The van der Waals surface area contributed by atoms with Crippen molar-refractivity contribution >= 4 is 47.1 Å². The number of nitrogens with zero attached hydrogens (tertiary/aromatic N) is 5. The first kappa shape index (κ1) is 29.3. The van der Waals surface area contributed by atoms with E-state index in [9.17, 15) is 23.6 Å². The van der Waals surface area contributed by atoms with Crippen LogP contribution in [0.25, 0.3) is 11.8 Å². The number of hydrogen-bond donors (Lipinski definition) is 3. The fraction of sp³-hybridized carbons (Fsp3) is 0.296. The van der Waals surface area contributed by atoms with Crippen molar-refractivity contribution in [3.8, 4) is 5.69 Å². The van der Waals surface area contributed by atoms with Gasteiger partial charge in [0.25, 0.3) is 0 Å². The van der Waals surface area contributed by atoms with Crippen molar-refractivity contribution in [2.24, 2.45) is 0 Å². The summed E-state index contributed by atoms with van der Waals surface area (Å²) in [6, 6.07) is 7.18. The van der Waals surface area contributed by atoms with Crippen molar-refractivity contribution in [1.29, 1.82) is 0 Å². The Labute approximate surface area is 239 Å². The van der Waals surface area contributed by atoms with Crippen LogP contribution in [0.5, 0.6) is 0 Å². The van der Waals surface area contributed by atoms with Crippen molar-refractivity contribution in [3.63, 3.8) is 0 Å². The summed E-state index contributed by atoms with van der Waals surface area (Å²) in [5.41, 5.74) is 0.524. The smallest absolute Gasteiger partial charge is 0.335 e. The number of amides is 3. The predicted molar refractivity (Wildman–Crippen MR) is 147 cm³/mol. The van der Waals surface area contributed by atoms with Gasteiger partial charge >= 0.3 is 5.97 Å². The molecule has 3 aromatic rings. The predicted octanol–water partition coefficient (Wildman–Crippen LogP) is 3.08. The molecule has 214 valence electrons. The first-order chi connectivity index (χ1) is 19.7. The molecule has 3 N–H and O–H groups in total. The van der Waals surface area contributed by atoms with Crippen LogP contribution in [0.3, 0.4) is 0 Å². The van der Waals surface area contributed by atoms with E-state index < -0.39 is 29.6 Å². The molecule has 1 aliphatic heterocycles. The van der Waals surface area contributed by atoms with E-state index in [0.29, 0.717) is 18.8 Å². The Hall–Kier alpha value is -4.65. The summed E-state index contributed by atoms with van der Waals surface area (Å²) in [4.78, 5) is 51.6. The SMILES string of the molecule is O=C(C=Cc1c(-n2cnnn2)ccc(Cl)c1F)NC(CCC(=O)N1CCCCC1)C(=O)Nc1ccc(C(=O)O)cc1. The van der Waals surface area contributed by atoms with Crippen LogP contribution in [-0.4, -0.2) is 73.0 Å². The number of rotatable bonds is 10. The molecule has 0 saturated carbocycles. The van der Waals surface area contributed by atoms with Gasteiger partial charge in [0.2, 0.25) is 17.7 Å². The lowest BCUT2D eigenvalue weighted by molar-refractivity contribution is -0.132. The average Bonchev–Trinajstić information content (AvgIpc) is 3.51. The molecule has 14 heteroatoms. The average molecular weight is 584 g/mol. The third kappa shape index (κ3) is 7.72. The van der Waals surface area contributed by atoms with Gasteiger partial charge in [-0.15, -0.1) is 5.10 Å². The van der Waals surface area contributed by atoms with Crippen LogP contribution >= 0.6 is 11.6 Å². The lowest BCUT2D eigenvalue weighted by Crippen LogP contribution is -2.44. The molecule has 1 fully saturated rings. The lowest BCUT2D eigenvalue weighted by Gasteiger charge is -2.27. The quantitative estimate of drug-likeness (QED) is 0.307. The minimum atomic E-state index is -1.12. The van der Waals surface area contributed by atoms with Crippen molar-refractivity contribution in [2.45, 2.75) is 38.1 Å². The van der Waals surface area contributed by atoms with Gasteiger partial charge in [-0.1, -0.05) is 11.6 Å². The number of aromatic carboxylic acids is 1. The fourth-order valence-corrected chi connectivity index (χ4v) is 4.49. The van der Waals surface area contributed by atoms with E-state index in [1.54, 1.807) is 4.90 Å². The number of aromatic nitrogens is 4. The van der Waals surface area contributed by atoms with E-state index in [2.05, 4.69) is 26.2 Å². The van der Waals surface area contributed by atoms with Crippen molar-refractivity contribution in [3.05, 3.63) is 70.8 Å². The van der Waals surface area contributed by atoms with Crippen molar-refractivity contribution in [1.82, 2.24) is 30.4 Å². The molecule has 0 spiro atoms. The summed E-state index contributed by atoms with van der Waals surface area (Å²) in [5.74, 6) is -3.36. The Bertz CT molecular complexity index is 1440. The van der Waals surface area contributed by atoms with Crippen LogP contribution in [0.1, 0.15) is 48.0 Å². The highest BCUT2D eigenvalue weighted by Gasteiger charge is 2.24. The fourth-order valence-electron chi connectivity index (χ4n) is 4.33. The summed E-state index contributed by atoms with van der Waals surface area (Å²) in [7, 11) is 0. The molecule has 2 aromatic carbocycles. The molecular weight excluding hydrogens is 557 g/mol. The molecule has 0 bridgehead atoms. The molecule has 1 saturated heterocycles. The third-order valence-electron chi connectivity index (χ3n) is 6.49. The Kier molecular flexibility index (Phi) is 9.74. The van der Waals surface area contributed by atoms with Crippen LogP contribution in [0.4, 0.5) is 10.1 Å². The normalized spacial score (nSPS) is 14.0. The molecule has 1 atom stereocenters.